The molecule has 1 aromatic carbocycles. The van der Waals surface area contributed by atoms with Gasteiger partial charge in [0.2, 0.25) is 0 Å². The second-order valence-corrected chi connectivity index (χ2v) is 5.06. The molecule has 0 saturated carbocycles. The van der Waals surface area contributed by atoms with Gasteiger partial charge in [-0.1, -0.05) is 12.1 Å². The topological polar surface area (TPSA) is 29.3 Å². The van der Waals surface area contributed by atoms with Crippen LogP contribution in [0.4, 0.5) is 0 Å². The van der Waals surface area contributed by atoms with Gasteiger partial charge in [-0.3, -0.25) is 0 Å². The molecular formula is C15H26N2. The molecule has 1 rings (SSSR count). The van der Waals surface area contributed by atoms with Gasteiger partial charge in [0.25, 0.3) is 0 Å². The third kappa shape index (κ3) is 4.49. The Morgan fingerprint density at radius 3 is 2.29 bits per heavy atom. The van der Waals surface area contributed by atoms with Crippen molar-refractivity contribution in [3.8, 4) is 0 Å². The van der Waals surface area contributed by atoms with Crippen LogP contribution in [0, 0.1) is 20.8 Å². The number of aryl methyl sites for hydroxylation is 3. The number of benzene rings is 1. The SMILES string of the molecule is Cc1cc(C)c(CCN(C)CCCN)cc1C. The average molecular weight is 234 g/mol. The zero-order valence-corrected chi connectivity index (χ0v) is 11.7. The van der Waals surface area contributed by atoms with Gasteiger partial charge in [0.1, 0.15) is 0 Å². The highest BCUT2D eigenvalue weighted by Crippen LogP contribution is 2.16. The third-order valence-corrected chi connectivity index (χ3v) is 3.46. The molecule has 2 N–H and O–H groups in total. The van der Waals surface area contributed by atoms with Crippen molar-refractivity contribution in [2.24, 2.45) is 5.73 Å². The summed E-state index contributed by atoms with van der Waals surface area (Å²) in [5.74, 6) is 0. The molecule has 0 bridgehead atoms. The first-order valence-corrected chi connectivity index (χ1v) is 6.50. The smallest absolute Gasteiger partial charge is 0.00189 e. The molecule has 0 fully saturated rings. The number of nitrogens with two attached hydrogens (primary N) is 1. The van der Waals surface area contributed by atoms with Crippen LogP contribution >= 0.6 is 0 Å². The van der Waals surface area contributed by atoms with Crippen molar-refractivity contribution >= 4 is 0 Å². The van der Waals surface area contributed by atoms with Gasteiger partial charge in [0.05, 0.1) is 0 Å². The second-order valence-electron chi connectivity index (χ2n) is 5.06. The summed E-state index contributed by atoms with van der Waals surface area (Å²) in [6.07, 6.45) is 2.22. The van der Waals surface area contributed by atoms with Gasteiger partial charge < -0.3 is 10.6 Å². The molecule has 2 heteroatoms. The molecule has 2 nitrogen and oxygen atoms in total. The molecule has 0 atom stereocenters. The summed E-state index contributed by atoms with van der Waals surface area (Å²) in [4.78, 5) is 2.36. The highest BCUT2D eigenvalue weighted by Gasteiger charge is 2.04. The van der Waals surface area contributed by atoms with E-state index in [1.165, 1.54) is 22.3 Å². The average Bonchev–Trinajstić information content (AvgIpc) is 2.29. The Hall–Kier alpha value is -0.860. The Kier molecular flexibility index (Phi) is 5.66. The van der Waals surface area contributed by atoms with Crippen molar-refractivity contribution in [1.82, 2.24) is 4.90 Å². The summed E-state index contributed by atoms with van der Waals surface area (Å²) in [6, 6.07) is 4.63. The van der Waals surface area contributed by atoms with Crippen molar-refractivity contribution in [2.75, 3.05) is 26.7 Å². The summed E-state index contributed by atoms with van der Waals surface area (Å²) in [7, 11) is 2.17. The molecule has 0 heterocycles. The zero-order valence-electron chi connectivity index (χ0n) is 11.7. The van der Waals surface area contributed by atoms with Crippen LogP contribution in [0.5, 0.6) is 0 Å². The highest BCUT2D eigenvalue weighted by molar-refractivity contribution is 5.36. The van der Waals surface area contributed by atoms with E-state index < -0.39 is 0 Å². The molecular weight excluding hydrogens is 208 g/mol. The number of rotatable bonds is 6. The van der Waals surface area contributed by atoms with Gasteiger partial charge in [-0.15, -0.1) is 0 Å². The van der Waals surface area contributed by atoms with Crippen molar-refractivity contribution in [3.63, 3.8) is 0 Å². The van der Waals surface area contributed by atoms with E-state index in [1.54, 1.807) is 0 Å². The maximum absolute atomic E-state index is 5.52. The number of hydrogen-bond acceptors (Lipinski definition) is 2. The second kappa shape index (κ2) is 6.77. The highest BCUT2D eigenvalue weighted by atomic mass is 15.1. The van der Waals surface area contributed by atoms with Gasteiger partial charge in [0, 0.05) is 6.54 Å². The van der Waals surface area contributed by atoms with Crippen LogP contribution in [0.3, 0.4) is 0 Å². The molecule has 0 aliphatic heterocycles. The molecule has 96 valence electrons. The van der Waals surface area contributed by atoms with Crippen LogP contribution in [0.15, 0.2) is 12.1 Å². The lowest BCUT2D eigenvalue weighted by molar-refractivity contribution is 0.335. The first kappa shape index (κ1) is 14.2. The minimum atomic E-state index is 0.785. The van der Waals surface area contributed by atoms with E-state index in [0.29, 0.717) is 0 Å². The maximum atomic E-state index is 5.52. The van der Waals surface area contributed by atoms with E-state index in [0.717, 1.165) is 32.5 Å². The number of hydrogen-bond donors (Lipinski definition) is 1. The molecule has 0 spiro atoms. The van der Waals surface area contributed by atoms with E-state index >= 15 is 0 Å². The molecule has 0 unspecified atom stereocenters. The Balaban J connectivity index is 2.54. The summed E-state index contributed by atoms with van der Waals surface area (Å²) in [5, 5.41) is 0. The van der Waals surface area contributed by atoms with E-state index in [9.17, 15) is 0 Å². The van der Waals surface area contributed by atoms with Gasteiger partial charge in [-0.2, -0.15) is 0 Å². The molecule has 0 aromatic heterocycles. The summed E-state index contributed by atoms with van der Waals surface area (Å²) in [5.41, 5.74) is 11.2. The van der Waals surface area contributed by atoms with E-state index in [2.05, 4.69) is 44.9 Å². The fourth-order valence-electron chi connectivity index (χ4n) is 2.07. The van der Waals surface area contributed by atoms with Crippen LogP contribution in [0.2, 0.25) is 0 Å². The quantitative estimate of drug-likeness (QED) is 0.819. The van der Waals surface area contributed by atoms with Crippen molar-refractivity contribution in [1.29, 1.82) is 0 Å². The minimum Gasteiger partial charge on any atom is -0.330 e. The summed E-state index contributed by atoms with van der Waals surface area (Å²) >= 11 is 0. The van der Waals surface area contributed by atoms with Crippen LogP contribution in [-0.4, -0.2) is 31.6 Å². The lowest BCUT2D eigenvalue weighted by Gasteiger charge is -2.17. The largest absolute Gasteiger partial charge is 0.330 e. The first-order valence-electron chi connectivity index (χ1n) is 6.50. The molecule has 0 radical (unpaired) electrons. The lowest BCUT2D eigenvalue weighted by atomic mass is 9.99. The van der Waals surface area contributed by atoms with Crippen LogP contribution in [-0.2, 0) is 6.42 Å². The van der Waals surface area contributed by atoms with Crippen molar-refractivity contribution < 1.29 is 0 Å². The monoisotopic (exact) mass is 234 g/mol. The first-order chi connectivity index (χ1) is 8.04. The molecule has 1 aromatic rings. The molecule has 0 aliphatic rings. The number of nitrogens with zero attached hydrogens (tertiary/aromatic N) is 1. The molecule has 0 amide bonds. The fourth-order valence-corrected chi connectivity index (χ4v) is 2.07. The zero-order chi connectivity index (χ0) is 12.8. The standard InChI is InChI=1S/C15H26N2/c1-12-10-14(3)15(11-13(12)2)6-9-17(4)8-5-7-16/h10-11H,5-9,16H2,1-4H3. The summed E-state index contributed by atoms with van der Waals surface area (Å²) < 4.78 is 0. The van der Waals surface area contributed by atoms with E-state index in [4.69, 9.17) is 5.73 Å². The van der Waals surface area contributed by atoms with Crippen molar-refractivity contribution in [3.05, 3.63) is 34.4 Å². The minimum absolute atomic E-state index is 0.785. The predicted molar refractivity (Wildman–Crippen MR) is 75.5 cm³/mol. The van der Waals surface area contributed by atoms with Gasteiger partial charge in [-0.25, -0.2) is 0 Å². The Morgan fingerprint density at radius 1 is 1.00 bits per heavy atom. The van der Waals surface area contributed by atoms with Crippen LogP contribution in [0.1, 0.15) is 28.7 Å². The predicted octanol–water partition coefficient (Wildman–Crippen LogP) is 2.43. The molecule has 17 heavy (non-hydrogen) atoms. The van der Waals surface area contributed by atoms with Crippen molar-refractivity contribution in [2.45, 2.75) is 33.6 Å². The lowest BCUT2D eigenvalue weighted by Crippen LogP contribution is -2.24. The van der Waals surface area contributed by atoms with Gasteiger partial charge in [-0.05, 0) is 76.0 Å². The Labute approximate surface area is 106 Å². The Bertz CT molecular complexity index is 358. The normalized spacial score (nSPS) is 11.2. The van der Waals surface area contributed by atoms with E-state index in [-0.39, 0.29) is 0 Å². The molecule has 0 saturated heterocycles. The molecule has 0 aliphatic carbocycles. The van der Waals surface area contributed by atoms with E-state index in [1.807, 2.05) is 0 Å². The van der Waals surface area contributed by atoms with Crippen LogP contribution in [0.25, 0.3) is 0 Å². The maximum Gasteiger partial charge on any atom is 0.00189 e. The van der Waals surface area contributed by atoms with Crippen LogP contribution < -0.4 is 5.73 Å². The summed E-state index contributed by atoms with van der Waals surface area (Å²) in [6.45, 7) is 9.58. The fraction of sp³-hybridized carbons (Fsp3) is 0.600. The third-order valence-electron chi connectivity index (χ3n) is 3.46. The Morgan fingerprint density at radius 2 is 1.65 bits per heavy atom. The number of likely N-dealkylation sites (N-methyl/N-ethyl adjacent to an activating group) is 1. The van der Waals surface area contributed by atoms with Gasteiger partial charge >= 0.3 is 0 Å². The van der Waals surface area contributed by atoms with Gasteiger partial charge in [0.15, 0.2) is 0 Å².